The molecule has 4 nitrogen and oxygen atoms in total. The Morgan fingerprint density at radius 1 is 1.22 bits per heavy atom. The van der Waals surface area contributed by atoms with Crippen molar-refractivity contribution >= 4 is 11.9 Å². The van der Waals surface area contributed by atoms with Crippen LogP contribution in [-0.4, -0.2) is 31.2 Å². The standard InChI is InChI=1S/C11H18F3NO3/c1-3-4-5-6-7-8(9(16)18-2)15-10(17)11(12,13)14/h8H,3-7H2,1-2H3,(H,15,17). The van der Waals surface area contributed by atoms with Crippen LogP contribution in [0.5, 0.6) is 0 Å². The van der Waals surface area contributed by atoms with E-state index in [0.717, 1.165) is 26.4 Å². The van der Waals surface area contributed by atoms with E-state index in [1.54, 1.807) is 5.32 Å². The van der Waals surface area contributed by atoms with E-state index in [9.17, 15) is 22.8 Å². The van der Waals surface area contributed by atoms with Crippen molar-refractivity contribution in [3.05, 3.63) is 0 Å². The molecule has 0 aliphatic rings. The number of halogens is 3. The lowest BCUT2D eigenvalue weighted by Crippen LogP contribution is -2.47. The molecule has 0 saturated heterocycles. The van der Waals surface area contributed by atoms with Crippen molar-refractivity contribution in [3.8, 4) is 0 Å². The van der Waals surface area contributed by atoms with Gasteiger partial charge >= 0.3 is 18.1 Å². The number of esters is 1. The number of hydrogen-bond acceptors (Lipinski definition) is 3. The van der Waals surface area contributed by atoms with E-state index in [0.29, 0.717) is 6.42 Å². The summed E-state index contributed by atoms with van der Waals surface area (Å²) in [6.45, 7) is 1.99. The van der Waals surface area contributed by atoms with Crippen LogP contribution in [0.2, 0.25) is 0 Å². The molecule has 0 saturated carbocycles. The number of carbonyl (C=O) groups excluding carboxylic acids is 2. The second-order valence-electron chi connectivity index (χ2n) is 3.90. The minimum atomic E-state index is -4.99. The SMILES string of the molecule is CCCCCCC(NC(=O)C(F)(F)F)C(=O)OC. The molecule has 0 bridgehead atoms. The van der Waals surface area contributed by atoms with E-state index in [1.165, 1.54) is 0 Å². The predicted molar refractivity (Wildman–Crippen MR) is 58.8 cm³/mol. The highest BCUT2D eigenvalue weighted by atomic mass is 19.4. The Hall–Kier alpha value is -1.27. The molecule has 0 aromatic heterocycles. The third kappa shape index (κ3) is 6.46. The Morgan fingerprint density at radius 2 is 1.83 bits per heavy atom. The molecular weight excluding hydrogens is 251 g/mol. The van der Waals surface area contributed by atoms with Gasteiger partial charge in [-0.1, -0.05) is 32.6 Å². The van der Waals surface area contributed by atoms with Gasteiger partial charge < -0.3 is 10.1 Å². The van der Waals surface area contributed by atoms with Crippen LogP contribution in [0.25, 0.3) is 0 Å². The van der Waals surface area contributed by atoms with Crippen molar-refractivity contribution in [1.29, 1.82) is 0 Å². The number of carbonyl (C=O) groups is 2. The Labute approximate surface area is 104 Å². The van der Waals surface area contributed by atoms with E-state index < -0.39 is 24.1 Å². The smallest absolute Gasteiger partial charge is 0.467 e. The monoisotopic (exact) mass is 269 g/mol. The molecule has 0 spiro atoms. The van der Waals surface area contributed by atoms with Crippen LogP contribution < -0.4 is 5.32 Å². The number of alkyl halides is 3. The third-order valence-electron chi connectivity index (χ3n) is 2.39. The summed E-state index contributed by atoms with van der Waals surface area (Å²) in [4.78, 5) is 22.0. The van der Waals surface area contributed by atoms with Crippen LogP contribution in [-0.2, 0) is 14.3 Å². The molecule has 1 unspecified atom stereocenters. The molecular formula is C11H18F3NO3. The lowest BCUT2D eigenvalue weighted by molar-refractivity contribution is -0.175. The second-order valence-corrected chi connectivity index (χ2v) is 3.90. The Morgan fingerprint density at radius 3 is 2.28 bits per heavy atom. The van der Waals surface area contributed by atoms with E-state index >= 15 is 0 Å². The molecule has 0 aliphatic heterocycles. The van der Waals surface area contributed by atoms with Gasteiger partial charge in [-0.05, 0) is 6.42 Å². The summed E-state index contributed by atoms with van der Waals surface area (Å²) in [5.41, 5.74) is 0. The van der Waals surface area contributed by atoms with Crippen LogP contribution in [0.15, 0.2) is 0 Å². The van der Waals surface area contributed by atoms with Crippen molar-refractivity contribution in [2.75, 3.05) is 7.11 Å². The first kappa shape index (κ1) is 16.7. The average molecular weight is 269 g/mol. The molecule has 1 atom stereocenters. The second kappa shape index (κ2) is 7.94. The molecule has 18 heavy (non-hydrogen) atoms. The summed E-state index contributed by atoms with van der Waals surface area (Å²) in [7, 11) is 1.07. The summed E-state index contributed by atoms with van der Waals surface area (Å²) in [6, 6.07) is -1.24. The van der Waals surface area contributed by atoms with Crippen LogP contribution in [0, 0.1) is 0 Å². The molecule has 1 N–H and O–H groups in total. The fourth-order valence-electron chi connectivity index (χ4n) is 1.41. The highest BCUT2D eigenvalue weighted by molar-refractivity contribution is 5.87. The molecule has 0 fully saturated rings. The van der Waals surface area contributed by atoms with Gasteiger partial charge in [-0.25, -0.2) is 4.79 Å². The zero-order valence-corrected chi connectivity index (χ0v) is 10.5. The lowest BCUT2D eigenvalue weighted by Gasteiger charge is -2.17. The molecule has 0 radical (unpaired) electrons. The average Bonchev–Trinajstić information content (AvgIpc) is 2.30. The van der Waals surface area contributed by atoms with Gasteiger partial charge in [-0.3, -0.25) is 4.79 Å². The summed E-state index contributed by atoms with van der Waals surface area (Å²) in [6.07, 6.45) is -1.58. The quantitative estimate of drug-likeness (QED) is 0.569. The summed E-state index contributed by atoms with van der Waals surface area (Å²) < 4.78 is 40.5. The largest absolute Gasteiger partial charge is 0.471 e. The molecule has 7 heteroatoms. The highest BCUT2D eigenvalue weighted by Gasteiger charge is 2.40. The molecule has 0 aliphatic carbocycles. The summed E-state index contributed by atoms with van der Waals surface area (Å²) >= 11 is 0. The van der Waals surface area contributed by atoms with E-state index in [2.05, 4.69) is 4.74 Å². The zero-order chi connectivity index (χ0) is 14.2. The molecule has 1 amide bonds. The predicted octanol–water partition coefficient (Wildman–Crippen LogP) is 2.18. The van der Waals surface area contributed by atoms with Crippen LogP contribution in [0.4, 0.5) is 13.2 Å². The maximum atomic E-state index is 12.1. The fraction of sp³-hybridized carbons (Fsp3) is 0.818. The maximum Gasteiger partial charge on any atom is 0.471 e. The lowest BCUT2D eigenvalue weighted by atomic mass is 10.1. The van der Waals surface area contributed by atoms with Gasteiger partial charge in [0.25, 0.3) is 0 Å². The molecule has 0 rings (SSSR count). The van der Waals surface area contributed by atoms with Gasteiger partial charge in [0.1, 0.15) is 6.04 Å². The minimum absolute atomic E-state index is 0.147. The van der Waals surface area contributed by atoms with Crippen molar-refractivity contribution in [2.45, 2.75) is 51.2 Å². The fourth-order valence-corrected chi connectivity index (χ4v) is 1.41. The Balaban J connectivity index is 4.32. The Kier molecular flexibility index (Phi) is 7.38. The van der Waals surface area contributed by atoms with Gasteiger partial charge in [0.2, 0.25) is 0 Å². The molecule has 0 aromatic carbocycles. The van der Waals surface area contributed by atoms with Crippen molar-refractivity contribution < 1.29 is 27.5 Å². The number of ether oxygens (including phenoxy) is 1. The Bertz CT molecular complexity index is 279. The van der Waals surface area contributed by atoms with Crippen LogP contribution >= 0.6 is 0 Å². The zero-order valence-electron chi connectivity index (χ0n) is 10.5. The first-order valence-corrected chi connectivity index (χ1v) is 5.78. The topological polar surface area (TPSA) is 55.4 Å². The van der Waals surface area contributed by atoms with E-state index in [4.69, 9.17) is 0 Å². The van der Waals surface area contributed by atoms with Crippen molar-refractivity contribution in [3.63, 3.8) is 0 Å². The maximum absolute atomic E-state index is 12.1. The third-order valence-corrected chi connectivity index (χ3v) is 2.39. The number of methoxy groups -OCH3 is 1. The molecule has 0 aromatic rings. The highest BCUT2D eigenvalue weighted by Crippen LogP contribution is 2.16. The number of hydrogen-bond donors (Lipinski definition) is 1. The normalized spacial score (nSPS) is 12.9. The van der Waals surface area contributed by atoms with Crippen molar-refractivity contribution in [1.82, 2.24) is 5.32 Å². The number of nitrogens with one attached hydrogen (secondary N) is 1. The van der Waals surface area contributed by atoms with Gasteiger partial charge in [-0.2, -0.15) is 13.2 Å². The summed E-state index contributed by atoms with van der Waals surface area (Å²) in [5.74, 6) is -2.97. The number of amides is 1. The molecule has 106 valence electrons. The van der Waals surface area contributed by atoms with Crippen LogP contribution in [0.3, 0.4) is 0 Å². The van der Waals surface area contributed by atoms with Gasteiger partial charge in [0.05, 0.1) is 7.11 Å². The van der Waals surface area contributed by atoms with Gasteiger partial charge in [-0.15, -0.1) is 0 Å². The van der Waals surface area contributed by atoms with E-state index in [1.807, 2.05) is 6.92 Å². The number of unbranched alkanes of at least 4 members (excludes halogenated alkanes) is 3. The minimum Gasteiger partial charge on any atom is -0.467 e. The first-order valence-electron chi connectivity index (χ1n) is 5.78. The number of rotatable bonds is 7. The van der Waals surface area contributed by atoms with E-state index in [-0.39, 0.29) is 6.42 Å². The van der Waals surface area contributed by atoms with Crippen molar-refractivity contribution in [2.24, 2.45) is 0 Å². The first-order chi connectivity index (χ1) is 8.32. The summed E-state index contributed by atoms with van der Waals surface area (Å²) in [5, 5.41) is 1.65. The van der Waals surface area contributed by atoms with Crippen LogP contribution in [0.1, 0.15) is 39.0 Å². The van der Waals surface area contributed by atoms with Gasteiger partial charge in [0.15, 0.2) is 0 Å². The molecule has 0 heterocycles. The van der Waals surface area contributed by atoms with Gasteiger partial charge in [0, 0.05) is 0 Å².